The molecule has 0 saturated carbocycles. The Morgan fingerprint density at radius 3 is 2.33 bits per heavy atom. The minimum Gasteiger partial charge on any atom is -0.469 e. The van der Waals surface area contributed by atoms with Gasteiger partial charge >= 0.3 is 0 Å². The van der Waals surface area contributed by atoms with Crippen LogP contribution in [0.1, 0.15) is 39.7 Å². The van der Waals surface area contributed by atoms with Crippen molar-refractivity contribution in [1.29, 1.82) is 0 Å². The number of rotatable bonds is 5. The van der Waals surface area contributed by atoms with Gasteiger partial charge in [-0.2, -0.15) is 4.98 Å². The van der Waals surface area contributed by atoms with Gasteiger partial charge in [0.25, 0.3) is 0 Å². The molecular formula is C29H29N5O2. The minimum atomic E-state index is -0.00935. The molecule has 3 heterocycles. The molecule has 1 unspecified atom stereocenters. The van der Waals surface area contributed by atoms with Gasteiger partial charge in [-0.1, -0.05) is 35.9 Å². The molecule has 1 N–H and O–H groups in total. The number of para-hydroxylation sites is 1. The largest absolute Gasteiger partial charge is 0.469 e. The van der Waals surface area contributed by atoms with Crippen LogP contribution in [-0.2, 0) is 6.42 Å². The van der Waals surface area contributed by atoms with Gasteiger partial charge in [-0.3, -0.25) is 4.79 Å². The first-order chi connectivity index (χ1) is 17.6. The predicted molar refractivity (Wildman–Crippen MR) is 141 cm³/mol. The molecule has 2 aromatic heterocycles. The van der Waals surface area contributed by atoms with E-state index in [4.69, 9.17) is 14.4 Å². The number of hydrogen-bond acceptors (Lipinski definition) is 7. The molecule has 6 rings (SSSR count). The zero-order valence-electron chi connectivity index (χ0n) is 20.4. The Balaban J connectivity index is 1.32. The van der Waals surface area contributed by atoms with Crippen LogP contribution in [-0.4, -0.2) is 41.9 Å². The van der Waals surface area contributed by atoms with Crippen molar-refractivity contribution in [2.75, 3.05) is 41.3 Å². The Morgan fingerprint density at radius 1 is 0.861 bits per heavy atom. The number of piperazine rings is 1. The van der Waals surface area contributed by atoms with Gasteiger partial charge in [-0.05, 0) is 43.3 Å². The van der Waals surface area contributed by atoms with Crippen molar-refractivity contribution in [3.63, 3.8) is 0 Å². The fourth-order valence-electron chi connectivity index (χ4n) is 5.10. The van der Waals surface area contributed by atoms with Crippen molar-refractivity contribution in [3.05, 3.63) is 95.6 Å². The van der Waals surface area contributed by atoms with Crippen LogP contribution in [0, 0.1) is 6.92 Å². The first kappa shape index (κ1) is 22.3. The van der Waals surface area contributed by atoms with Crippen molar-refractivity contribution in [3.8, 4) is 0 Å². The van der Waals surface area contributed by atoms with Crippen LogP contribution in [0.25, 0.3) is 0 Å². The maximum absolute atomic E-state index is 13.4. The van der Waals surface area contributed by atoms with E-state index in [1.165, 1.54) is 11.3 Å². The highest BCUT2D eigenvalue weighted by molar-refractivity contribution is 6.03. The fourth-order valence-corrected chi connectivity index (χ4v) is 5.10. The van der Waals surface area contributed by atoms with Gasteiger partial charge in [0, 0.05) is 56.3 Å². The number of carbonyl (C=O) groups excluding carboxylic acids is 1. The van der Waals surface area contributed by atoms with Crippen LogP contribution >= 0.6 is 0 Å². The molecule has 2 aliphatic rings. The van der Waals surface area contributed by atoms with E-state index < -0.39 is 0 Å². The second-order valence-corrected chi connectivity index (χ2v) is 9.54. The van der Waals surface area contributed by atoms with Gasteiger partial charge in [-0.25, -0.2) is 4.98 Å². The SMILES string of the molecule is Cc1ccc(Nc2nc(N3CCN(c4ccccc4)CC3)nc3c2C(=O)CC(c2ccco2)C3)cc1. The number of nitrogens with one attached hydrogen (secondary N) is 1. The number of anilines is 4. The molecule has 0 spiro atoms. The van der Waals surface area contributed by atoms with Gasteiger partial charge in [0.1, 0.15) is 11.6 Å². The average Bonchev–Trinajstić information content (AvgIpc) is 3.45. The molecule has 1 saturated heterocycles. The first-order valence-electron chi connectivity index (χ1n) is 12.5. The number of aromatic nitrogens is 2. The summed E-state index contributed by atoms with van der Waals surface area (Å²) in [5.74, 6) is 2.13. The van der Waals surface area contributed by atoms with Gasteiger partial charge < -0.3 is 19.5 Å². The number of Topliss-reactive ketones (excluding diaryl/α,β-unsaturated/α-hetero) is 1. The standard InChI is InChI=1S/C29H29N5O2/c1-20-9-11-22(12-10-20)30-28-27-24(18-21(19-25(27)35)26-8-5-17-36-26)31-29(32-28)34-15-13-33(14-16-34)23-6-3-2-4-7-23/h2-12,17,21H,13-16,18-19H2,1H3,(H,30,31,32). The Kier molecular flexibility index (Phi) is 5.89. The van der Waals surface area contributed by atoms with E-state index in [-0.39, 0.29) is 11.7 Å². The molecule has 36 heavy (non-hydrogen) atoms. The molecule has 1 aliphatic carbocycles. The van der Waals surface area contributed by atoms with E-state index in [0.29, 0.717) is 30.2 Å². The van der Waals surface area contributed by atoms with Crippen molar-refractivity contribution < 1.29 is 9.21 Å². The third-order valence-corrected chi connectivity index (χ3v) is 7.07. The summed E-state index contributed by atoms with van der Waals surface area (Å²) in [6.45, 7) is 5.46. The van der Waals surface area contributed by atoms with E-state index in [1.54, 1.807) is 6.26 Å². The lowest BCUT2D eigenvalue weighted by Crippen LogP contribution is -2.47. The molecule has 1 aliphatic heterocycles. The third-order valence-electron chi connectivity index (χ3n) is 7.07. The number of ketones is 1. The molecule has 0 radical (unpaired) electrons. The molecule has 182 valence electrons. The summed E-state index contributed by atoms with van der Waals surface area (Å²) in [5, 5.41) is 3.42. The van der Waals surface area contributed by atoms with Crippen LogP contribution in [0.15, 0.2) is 77.4 Å². The topological polar surface area (TPSA) is 74.5 Å². The normalized spacial score (nSPS) is 17.7. The average molecular weight is 480 g/mol. The zero-order valence-corrected chi connectivity index (χ0v) is 20.4. The van der Waals surface area contributed by atoms with E-state index >= 15 is 0 Å². The quantitative estimate of drug-likeness (QED) is 0.413. The summed E-state index contributed by atoms with van der Waals surface area (Å²) in [4.78, 5) is 27.8. The molecule has 0 amide bonds. The molecule has 4 aromatic rings. The lowest BCUT2D eigenvalue weighted by molar-refractivity contribution is 0.0959. The van der Waals surface area contributed by atoms with Gasteiger partial charge in [0.05, 0.1) is 17.5 Å². The van der Waals surface area contributed by atoms with Crippen molar-refractivity contribution in [1.82, 2.24) is 9.97 Å². The van der Waals surface area contributed by atoms with Crippen LogP contribution in [0.4, 0.5) is 23.1 Å². The van der Waals surface area contributed by atoms with E-state index in [1.807, 2.05) is 30.3 Å². The highest BCUT2D eigenvalue weighted by Gasteiger charge is 2.33. The number of fused-ring (bicyclic) bond motifs is 1. The maximum Gasteiger partial charge on any atom is 0.227 e. The number of carbonyl (C=O) groups is 1. The molecular weight excluding hydrogens is 450 g/mol. The number of hydrogen-bond donors (Lipinski definition) is 1. The third kappa shape index (κ3) is 4.44. The van der Waals surface area contributed by atoms with Gasteiger partial charge in [0.15, 0.2) is 5.78 Å². The Hall–Kier alpha value is -4.13. The second-order valence-electron chi connectivity index (χ2n) is 9.54. The molecule has 7 heteroatoms. The highest BCUT2D eigenvalue weighted by atomic mass is 16.3. The van der Waals surface area contributed by atoms with Crippen molar-refractivity contribution >= 4 is 28.9 Å². The maximum atomic E-state index is 13.4. The number of aryl methyl sites for hydroxylation is 1. The van der Waals surface area contributed by atoms with Crippen LogP contribution in [0.5, 0.6) is 0 Å². The van der Waals surface area contributed by atoms with Crippen molar-refractivity contribution in [2.45, 2.75) is 25.7 Å². The monoisotopic (exact) mass is 479 g/mol. The highest BCUT2D eigenvalue weighted by Crippen LogP contribution is 2.36. The smallest absolute Gasteiger partial charge is 0.227 e. The lowest BCUT2D eigenvalue weighted by atomic mass is 9.84. The predicted octanol–water partition coefficient (Wildman–Crippen LogP) is 5.36. The van der Waals surface area contributed by atoms with Crippen LogP contribution in [0.3, 0.4) is 0 Å². The summed E-state index contributed by atoms with van der Waals surface area (Å²) in [6, 6.07) is 22.4. The summed E-state index contributed by atoms with van der Waals surface area (Å²) >= 11 is 0. The van der Waals surface area contributed by atoms with Gasteiger partial charge in [0.2, 0.25) is 5.95 Å². The lowest BCUT2D eigenvalue weighted by Gasteiger charge is -2.36. The zero-order chi connectivity index (χ0) is 24.5. The molecule has 1 atom stereocenters. The van der Waals surface area contributed by atoms with Crippen molar-refractivity contribution in [2.24, 2.45) is 0 Å². The Morgan fingerprint density at radius 2 is 1.61 bits per heavy atom. The van der Waals surface area contributed by atoms with Crippen LogP contribution < -0.4 is 15.1 Å². The van der Waals surface area contributed by atoms with E-state index in [2.05, 4.69) is 58.4 Å². The van der Waals surface area contributed by atoms with E-state index in [0.717, 1.165) is 43.3 Å². The second kappa shape index (κ2) is 9.49. The molecule has 1 fully saturated rings. The number of furan rings is 1. The molecule has 2 aromatic carbocycles. The summed E-state index contributed by atoms with van der Waals surface area (Å²) in [6.07, 6.45) is 2.70. The molecule has 7 nitrogen and oxygen atoms in total. The number of nitrogens with zero attached hydrogens (tertiary/aromatic N) is 4. The fraction of sp³-hybridized carbons (Fsp3) is 0.276. The van der Waals surface area contributed by atoms with Crippen LogP contribution in [0.2, 0.25) is 0 Å². The Bertz CT molecular complexity index is 1340. The minimum absolute atomic E-state index is 0.00935. The molecule has 0 bridgehead atoms. The number of benzene rings is 2. The van der Waals surface area contributed by atoms with Gasteiger partial charge in [-0.15, -0.1) is 0 Å². The Labute approximate surface area is 210 Å². The summed E-state index contributed by atoms with van der Waals surface area (Å²) < 4.78 is 5.65. The van der Waals surface area contributed by atoms with E-state index in [9.17, 15) is 4.79 Å². The summed E-state index contributed by atoms with van der Waals surface area (Å²) in [7, 11) is 0. The summed E-state index contributed by atoms with van der Waals surface area (Å²) in [5.41, 5.74) is 4.71. The first-order valence-corrected chi connectivity index (χ1v) is 12.5.